The van der Waals surface area contributed by atoms with Crippen LogP contribution in [0.1, 0.15) is 62.5 Å². The lowest BCUT2D eigenvalue weighted by atomic mass is 9.64. The Labute approximate surface area is 185 Å². The van der Waals surface area contributed by atoms with Crippen molar-refractivity contribution in [1.29, 1.82) is 0 Å². The van der Waals surface area contributed by atoms with E-state index in [1.165, 1.54) is 18.2 Å². The molecule has 0 radical (unpaired) electrons. The Kier molecular flexibility index (Phi) is 6.59. The Morgan fingerprint density at radius 2 is 1.81 bits per heavy atom. The highest BCUT2D eigenvalue weighted by Crippen LogP contribution is 2.49. The Morgan fingerprint density at radius 1 is 1.06 bits per heavy atom. The van der Waals surface area contributed by atoms with Crippen molar-refractivity contribution in [3.63, 3.8) is 0 Å². The van der Waals surface area contributed by atoms with Crippen LogP contribution in [0.5, 0.6) is 5.75 Å². The van der Waals surface area contributed by atoms with E-state index in [1.807, 2.05) is 6.92 Å². The summed E-state index contributed by atoms with van der Waals surface area (Å²) in [6.07, 6.45) is 6.26. The maximum Gasteiger partial charge on any atom is 0.573 e. The summed E-state index contributed by atoms with van der Waals surface area (Å²) in [5, 5.41) is 0. The Bertz CT molecular complexity index is 977. The largest absolute Gasteiger partial charge is 0.573 e. The molecule has 0 heterocycles. The zero-order chi connectivity index (χ0) is 22.9. The van der Waals surface area contributed by atoms with E-state index >= 15 is 8.78 Å². The van der Waals surface area contributed by atoms with Crippen LogP contribution < -0.4 is 4.74 Å². The van der Waals surface area contributed by atoms with Crippen LogP contribution >= 0.6 is 0 Å². The van der Waals surface area contributed by atoms with Gasteiger partial charge >= 0.3 is 6.36 Å². The molecule has 172 valence electrons. The molecular weight excluding hydrogens is 423 g/mol. The average molecular weight is 450 g/mol. The van der Waals surface area contributed by atoms with Crippen molar-refractivity contribution < 1.29 is 26.7 Å². The van der Waals surface area contributed by atoms with Gasteiger partial charge in [-0.05, 0) is 105 Å². The fraction of sp³-hybridized carbons (Fsp3) is 0.462. The molecule has 0 amide bonds. The highest BCUT2D eigenvalue weighted by atomic mass is 19.4. The number of allylic oxidation sites excluding steroid dienone is 2. The molecule has 1 nitrogen and oxygen atoms in total. The molecule has 4 rings (SSSR count). The summed E-state index contributed by atoms with van der Waals surface area (Å²) in [5.74, 6) is -0.373. The molecule has 32 heavy (non-hydrogen) atoms. The first-order chi connectivity index (χ1) is 15.3. The number of alkyl halides is 3. The average Bonchev–Trinajstić information content (AvgIpc) is 2.74. The second kappa shape index (κ2) is 9.24. The summed E-state index contributed by atoms with van der Waals surface area (Å²) in [4.78, 5) is 0. The highest BCUT2D eigenvalue weighted by Gasteiger charge is 2.37. The van der Waals surface area contributed by atoms with Gasteiger partial charge in [0.05, 0.1) is 5.56 Å². The van der Waals surface area contributed by atoms with Crippen LogP contribution in [-0.2, 0) is 6.42 Å². The van der Waals surface area contributed by atoms with E-state index in [4.69, 9.17) is 0 Å². The van der Waals surface area contributed by atoms with Crippen molar-refractivity contribution in [2.24, 2.45) is 11.8 Å². The number of hydrogen-bond acceptors (Lipinski definition) is 1. The monoisotopic (exact) mass is 450 g/mol. The van der Waals surface area contributed by atoms with Crippen molar-refractivity contribution in [3.8, 4) is 16.9 Å². The van der Waals surface area contributed by atoms with Crippen LogP contribution in [0.25, 0.3) is 11.1 Å². The van der Waals surface area contributed by atoms with Crippen molar-refractivity contribution in [1.82, 2.24) is 0 Å². The second-order valence-corrected chi connectivity index (χ2v) is 8.92. The standard InChI is InChI=1S/C26H27F5O/c1-2-3-4-5-16-6-12-20-18(14-16)9-13-21-22(20)15-23(27)24(25(21)28)17-7-10-19(11-8-17)32-26(29,30)31/h2-3,7-8,10-11,15-16,18,20H,4-6,9,12-14H2,1H3/b3-2+. The Morgan fingerprint density at radius 3 is 2.50 bits per heavy atom. The molecule has 2 aromatic rings. The first-order valence-electron chi connectivity index (χ1n) is 11.2. The molecular formula is C26H27F5O. The summed E-state index contributed by atoms with van der Waals surface area (Å²) >= 11 is 0. The van der Waals surface area contributed by atoms with Gasteiger partial charge in [0, 0.05) is 0 Å². The summed E-state index contributed by atoms with van der Waals surface area (Å²) in [6, 6.07) is 6.14. The predicted octanol–water partition coefficient (Wildman–Crippen LogP) is 8.33. The van der Waals surface area contributed by atoms with E-state index in [2.05, 4.69) is 16.9 Å². The van der Waals surface area contributed by atoms with E-state index in [-0.39, 0.29) is 17.0 Å². The molecule has 1 saturated carbocycles. The van der Waals surface area contributed by atoms with Crippen molar-refractivity contribution >= 4 is 0 Å². The number of fused-ring (bicyclic) bond motifs is 3. The molecule has 0 spiro atoms. The van der Waals surface area contributed by atoms with Gasteiger partial charge in [0.15, 0.2) is 0 Å². The lowest BCUT2D eigenvalue weighted by molar-refractivity contribution is -0.274. The zero-order valence-corrected chi connectivity index (χ0v) is 18.0. The Balaban J connectivity index is 1.57. The third-order valence-corrected chi connectivity index (χ3v) is 6.96. The van der Waals surface area contributed by atoms with E-state index in [1.54, 1.807) is 0 Å². The second-order valence-electron chi connectivity index (χ2n) is 8.92. The maximum absolute atomic E-state index is 15.5. The lowest BCUT2D eigenvalue weighted by Crippen LogP contribution is -2.29. The van der Waals surface area contributed by atoms with Gasteiger partial charge in [0.1, 0.15) is 17.4 Å². The molecule has 3 atom stereocenters. The summed E-state index contributed by atoms with van der Waals surface area (Å²) < 4.78 is 71.5. The first kappa shape index (κ1) is 22.8. The van der Waals surface area contributed by atoms with E-state index < -0.39 is 23.7 Å². The summed E-state index contributed by atoms with van der Waals surface area (Å²) in [5.41, 5.74) is 1.36. The van der Waals surface area contributed by atoms with Gasteiger partial charge < -0.3 is 4.74 Å². The van der Waals surface area contributed by atoms with Gasteiger partial charge in [-0.15, -0.1) is 13.2 Å². The number of ether oxygens (including phenoxy) is 1. The normalized spacial score (nSPS) is 23.1. The maximum atomic E-state index is 15.5. The minimum absolute atomic E-state index is 0.178. The summed E-state index contributed by atoms with van der Waals surface area (Å²) in [6.45, 7) is 2.02. The molecule has 3 unspecified atom stereocenters. The van der Waals surface area contributed by atoms with Crippen LogP contribution in [-0.4, -0.2) is 6.36 Å². The zero-order valence-electron chi connectivity index (χ0n) is 18.0. The number of rotatable bonds is 5. The smallest absolute Gasteiger partial charge is 0.406 e. The van der Waals surface area contributed by atoms with Crippen LogP contribution in [0.4, 0.5) is 22.0 Å². The quantitative estimate of drug-likeness (QED) is 0.329. The van der Waals surface area contributed by atoms with Crippen LogP contribution in [0.3, 0.4) is 0 Å². The van der Waals surface area contributed by atoms with Crippen LogP contribution in [0, 0.1) is 23.5 Å². The van der Waals surface area contributed by atoms with E-state index in [0.717, 1.165) is 56.2 Å². The molecule has 6 heteroatoms. The molecule has 0 aromatic heterocycles. The van der Waals surface area contributed by atoms with Gasteiger partial charge in [0.2, 0.25) is 0 Å². The predicted molar refractivity (Wildman–Crippen MR) is 114 cm³/mol. The minimum Gasteiger partial charge on any atom is -0.406 e. The molecule has 1 fully saturated rings. The fourth-order valence-electron chi connectivity index (χ4n) is 5.53. The van der Waals surface area contributed by atoms with Gasteiger partial charge in [-0.25, -0.2) is 8.78 Å². The third kappa shape index (κ3) is 4.84. The molecule has 0 N–H and O–H groups in total. The number of halogens is 5. The lowest BCUT2D eigenvalue weighted by Gasteiger charge is -2.41. The minimum atomic E-state index is -4.81. The summed E-state index contributed by atoms with van der Waals surface area (Å²) in [7, 11) is 0. The molecule has 0 saturated heterocycles. The molecule has 0 aliphatic heterocycles. The van der Waals surface area contributed by atoms with Crippen molar-refractivity contribution in [2.45, 2.75) is 64.1 Å². The van der Waals surface area contributed by atoms with Crippen LogP contribution in [0.2, 0.25) is 0 Å². The Hall–Kier alpha value is -2.37. The van der Waals surface area contributed by atoms with Gasteiger partial charge in [-0.1, -0.05) is 24.3 Å². The molecule has 2 aliphatic rings. The molecule has 2 aromatic carbocycles. The highest BCUT2D eigenvalue weighted by molar-refractivity contribution is 5.68. The molecule has 2 aliphatic carbocycles. The SMILES string of the molecule is C/C=C/CCC1CCC2c3cc(F)c(-c4ccc(OC(F)(F)F)cc4)c(F)c3CCC2C1. The van der Waals surface area contributed by atoms with Crippen molar-refractivity contribution in [3.05, 3.63) is 65.2 Å². The molecule has 0 bridgehead atoms. The van der Waals surface area contributed by atoms with E-state index in [0.29, 0.717) is 23.8 Å². The van der Waals surface area contributed by atoms with Crippen molar-refractivity contribution in [2.75, 3.05) is 0 Å². The van der Waals surface area contributed by atoms with Gasteiger partial charge in [0.25, 0.3) is 0 Å². The van der Waals surface area contributed by atoms with Gasteiger partial charge in [-0.2, -0.15) is 0 Å². The van der Waals surface area contributed by atoms with Crippen LogP contribution in [0.15, 0.2) is 42.5 Å². The number of hydrogen-bond donors (Lipinski definition) is 0. The topological polar surface area (TPSA) is 9.23 Å². The van der Waals surface area contributed by atoms with E-state index in [9.17, 15) is 13.2 Å². The first-order valence-corrected chi connectivity index (χ1v) is 11.2. The third-order valence-electron chi connectivity index (χ3n) is 6.96. The van der Waals surface area contributed by atoms with Gasteiger partial charge in [-0.3, -0.25) is 0 Å². The fourth-order valence-corrected chi connectivity index (χ4v) is 5.53. The number of benzene rings is 2.